The Balaban J connectivity index is 0.00000243. The summed E-state index contributed by atoms with van der Waals surface area (Å²) in [6, 6.07) is 15.0. The van der Waals surface area contributed by atoms with Gasteiger partial charge in [0.15, 0.2) is 0 Å². The Morgan fingerprint density at radius 2 is 1.58 bits per heavy atom. The monoisotopic (exact) mass is 414 g/mol. The normalized spacial score (nSPS) is 17.6. The van der Waals surface area contributed by atoms with E-state index in [1.165, 1.54) is 7.11 Å². The fourth-order valence-corrected chi connectivity index (χ4v) is 3.50. The average Bonchev–Trinajstić information content (AvgIpc) is 2.65. The van der Waals surface area contributed by atoms with Crippen molar-refractivity contribution in [3.8, 4) is 0 Å². The molecule has 1 saturated heterocycles. The van der Waals surface area contributed by atoms with Crippen LogP contribution in [0.4, 0.5) is 0 Å². The molecule has 1 fully saturated rings. The van der Waals surface area contributed by atoms with Crippen LogP contribution in [0, 0.1) is 0 Å². The number of esters is 1. The van der Waals surface area contributed by atoms with E-state index in [9.17, 15) is 4.79 Å². The second-order valence-electron chi connectivity index (χ2n) is 5.99. The molecule has 0 bridgehead atoms. The fourth-order valence-electron chi connectivity index (χ4n) is 3.25. The first-order valence-corrected chi connectivity index (χ1v) is 8.91. The van der Waals surface area contributed by atoms with E-state index in [4.69, 9.17) is 27.9 Å². The molecule has 1 N–H and O–H groups in total. The van der Waals surface area contributed by atoms with Crippen LogP contribution in [-0.4, -0.2) is 43.7 Å². The molecular weight excluding hydrogens is 395 g/mol. The summed E-state index contributed by atoms with van der Waals surface area (Å²) in [5, 5.41) is 4.64. The van der Waals surface area contributed by atoms with Gasteiger partial charge >= 0.3 is 5.97 Å². The molecule has 1 heterocycles. The zero-order chi connectivity index (χ0) is 17.8. The minimum absolute atomic E-state index is 0. The fraction of sp³-hybridized carbons (Fsp3) is 0.316. The molecule has 7 heteroatoms. The molecule has 3 rings (SSSR count). The maximum atomic E-state index is 12.3. The molecule has 26 heavy (non-hydrogen) atoms. The van der Waals surface area contributed by atoms with Gasteiger partial charge in [0.05, 0.1) is 13.2 Å². The number of nitrogens with one attached hydrogen (secondary N) is 1. The number of carbonyl (C=O) groups excluding carboxylic acids is 1. The van der Waals surface area contributed by atoms with E-state index >= 15 is 0 Å². The Kier molecular flexibility index (Phi) is 7.74. The number of piperazine rings is 1. The van der Waals surface area contributed by atoms with E-state index in [0.29, 0.717) is 16.6 Å². The highest BCUT2D eigenvalue weighted by atomic mass is 35.5. The predicted molar refractivity (Wildman–Crippen MR) is 107 cm³/mol. The summed E-state index contributed by atoms with van der Waals surface area (Å²) in [5.41, 5.74) is 2.14. The highest BCUT2D eigenvalue weighted by Crippen LogP contribution is 2.32. The Morgan fingerprint density at radius 3 is 2.04 bits per heavy atom. The number of hydrogen-bond acceptors (Lipinski definition) is 4. The van der Waals surface area contributed by atoms with Gasteiger partial charge in [-0.3, -0.25) is 9.69 Å². The van der Waals surface area contributed by atoms with E-state index in [-0.39, 0.29) is 30.5 Å². The minimum Gasteiger partial charge on any atom is -0.468 e. The second-order valence-corrected chi connectivity index (χ2v) is 6.86. The molecule has 0 radical (unpaired) electrons. The highest BCUT2D eigenvalue weighted by molar-refractivity contribution is 6.30. The highest BCUT2D eigenvalue weighted by Gasteiger charge is 2.35. The first kappa shape index (κ1) is 21.0. The number of methoxy groups -OCH3 is 1. The molecule has 1 aliphatic heterocycles. The molecule has 0 aromatic heterocycles. The van der Waals surface area contributed by atoms with Crippen molar-refractivity contribution in [3.05, 3.63) is 69.7 Å². The first-order valence-electron chi connectivity index (χ1n) is 8.15. The van der Waals surface area contributed by atoms with E-state index in [1.54, 1.807) is 0 Å². The van der Waals surface area contributed by atoms with Crippen LogP contribution in [0.1, 0.15) is 17.2 Å². The van der Waals surface area contributed by atoms with Gasteiger partial charge in [-0.05, 0) is 35.4 Å². The number of benzene rings is 2. The van der Waals surface area contributed by atoms with Crippen LogP contribution in [0.3, 0.4) is 0 Å². The number of hydrogen-bond donors (Lipinski definition) is 1. The van der Waals surface area contributed by atoms with Crippen LogP contribution < -0.4 is 5.32 Å². The maximum Gasteiger partial charge on any atom is 0.324 e. The van der Waals surface area contributed by atoms with Gasteiger partial charge in [-0.15, -0.1) is 12.4 Å². The van der Waals surface area contributed by atoms with Crippen LogP contribution in [0.25, 0.3) is 0 Å². The Bertz CT molecular complexity index is 677. The van der Waals surface area contributed by atoms with Crippen molar-refractivity contribution in [1.82, 2.24) is 10.2 Å². The first-order chi connectivity index (χ1) is 12.1. The summed E-state index contributed by atoms with van der Waals surface area (Å²) >= 11 is 12.1. The van der Waals surface area contributed by atoms with Crippen molar-refractivity contribution in [1.29, 1.82) is 0 Å². The summed E-state index contributed by atoms with van der Waals surface area (Å²) < 4.78 is 5.02. The minimum atomic E-state index is -0.352. The van der Waals surface area contributed by atoms with Crippen LogP contribution in [0.5, 0.6) is 0 Å². The number of rotatable bonds is 4. The van der Waals surface area contributed by atoms with Gasteiger partial charge < -0.3 is 10.1 Å². The smallest absolute Gasteiger partial charge is 0.324 e. The van der Waals surface area contributed by atoms with Crippen molar-refractivity contribution >= 4 is 41.6 Å². The summed E-state index contributed by atoms with van der Waals surface area (Å²) in [7, 11) is 1.43. The zero-order valence-corrected chi connectivity index (χ0v) is 16.7. The number of ether oxygens (including phenoxy) is 1. The van der Waals surface area contributed by atoms with E-state index < -0.39 is 0 Å². The van der Waals surface area contributed by atoms with Crippen molar-refractivity contribution in [2.24, 2.45) is 0 Å². The molecule has 4 nitrogen and oxygen atoms in total. The quantitative estimate of drug-likeness (QED) is 0.768. The van der Waals surface area contributed by atoms with Crippen molar-refractivity contribution in [2.45, 2.75) is 12.1 Å². The molecule has 1 atom stereocenters. The number of nitrogens with zero attached hydrogens (tertiary/aromatic N) is 1. The van der Waals surface area contributed by atoms with Gasteiger partial charge in [-0.25, -0.2) is 0 Å². The Morgan fingerprint density at radius 1 is 1.08 bits per heavy atom. The third-order valence-electron chi connectivity index (χ3n) is 4.46. The van der Waals surface area contributed by atoms with Gasteiger partial charge in [0.1, 0.15) is 6.04 Å². The lowest BCUT2D eigenvalue weighted by Crippen LogP contribution is -2.56. The standard InChI is InChI=1S/C19H20Cl2N2O2.ClH/c1-25-19(24)17-12-22-10-11-23(17)18(13-2-6-15(20)7-3-13)14-4-8-16(21)9-5-14;/h2-9,17-18,22H,10-12H2,1H3;1H. The summed E-state index contributed by atoms with van der Waals surface area (Å²) in [6.07, 6.45) is 0. The zero-order valence-electron chi connectivity index (χ0n) is 14.3. The van der Waals surface area contributed by atoms with Gasteiger partial charge in [0.2, 0.25) is 0 Å². The lowest BCUT2D eigenvalue weighted by molar-refractivity contribution is -0.148. The van der Waals surface area contributed by atoms with Crippen LogP contribution in [0.2, 0.25) is 10.0 Å². The third kappa shape index (κ3) is 4.70. The van der Waals surface area contributed by atoms with Crippen molar-refractivity contribution in [3.63, 3.8) is 0 Å². The third-order valence-corrected chi connectivity index (χ3v) is 4.97. The molecule has 140 valence electrons. The van der Waals surface area contributed by atoms with E-state index in [2.05, 4.69) is 10.2 Å². The molecule has 2 aromatic rings. The molecule has 1 unspecified atom stereocenters. The van der Waals surface area contributed by atoms with Crippen LogP contribution in [0.15, 0.2) is 48.5 Å². The van der Waals surface area contributed by atoms with Crippen molar-refractivity contribution in [2.75, 3.05) is 26.7 Å². The van der Waals surface area contributed by atoms with Gasteiger partial charge in [-0.2, -0.15) is 0 Å². The van der Waals surface area contributed by atoms with E-state index in [0.717, 1.165) is 24.2 Å². The molecule has 0 spiro atoms. The lowest BCUT2D eigenvalue weighted by atomic mass is 9.94. The average molecular weight is 416 g/mol. The van der Waals surface area contributed by atoms with Crippen LogP contribution in [-0.2, 0) is 9.53 Å². The molecular formula is C19H21Cl3N2O2. The maximum absolute atomic E-state index is 12.3. The summed E-state index contributed by atoms with van der Waals surface area (Å²) in [5.74, 6) is -0.236. The summed E-state index contributed by atoms with van der Waals surface area (Å²) in [6.45, 7) is 2.10. The van der Waals surface area contributed by atoms with Crippen molar-refractivity contribution < 1.29 is 9.53 Å². The molecule has 1 aliphatic rings. The van der Waals surface area contributed by atoms with Gasteiger partial charge in [-0.1, -0.05) is 47.5 Å². The second kappa shape index (κ2) is 9.58. The largest absolute Gasteiger partial charge is 0.468 e. The Labute approximate surface area is 169 Å². The number of halogens is 3. The molecule has 2 aromatic carbocycles. The molecule has 0 aliphatic carbocycles. The Hall–Kier alpha value is -1.30. The lowest BCUT2D eigenvalue weighted by Gasteiger charge is -2.40. The summed E-state index contributed by atoms with van der Waals surface area (Å²) in [4.78, 5) is 14.5. The van der Waals surface area contributed by atoms with Gasteiger partial charge in [0, 0.05) is 29.7 Å². The number of carbonyl (C=O) groups is 1. The molecule has 0 saturated carbocycles. The van der Waals surface area contributed by atoms with E-state index in [1.807, 2.05) is 48.5 Å². The molecule has 0 amide bonds. The topological polar surface area (TPSA) is 41.6 Å². The van der Waals surface area contributed by atoms with Crippen LogP contribution >= 0.6 is 35.6 Å². The van der Waals surface area contributed by atoms with Gasteiger partial charge in [0.25, 0.3) is 0 Å². The SMILES string of the molecule is COC(=O)C1CNCCN1C(c1ccc(Cl)cc1)c1ccc(Cl)cc1.Cl. The predicted octanol–water partition coefficient (Wildman–Crippen LogP) is 3.95.